The number of carbonyl (C=O) groups is 1. The molecule has 9 heteroatoms. The van der Waals surface area contributed by atoms with Gasteiger partial charge in [-0.1, -0.05) is 23.2 Å². The molecule has 0 radical (unpaired) electrons. The predicted octanol–water partition coefficient (Wildman–Crippen LogP) is 5.40. The quantitative estimate of drug-likeness (QED) is 0.595. The maximum Gasteiger partial charge on any atom is 0.410 e. The van der Waals surface area contributed by atoms with E-state index in [1.165, 1.54) is 30.3 Å². The number of nitrogens with two attached hydrogens (primary N) is 1. The average Bonchev–Trinajstić information content (AvgIpc) is 3.01. The van der Waals surface area contributed by atoms with Crippen LogP contribution in [0.1, 0.15) is 11.1 Å². The summed E-state index contributed by atoms with van der Waals surface area (Å²) in [7, 11) is 0. The fourth-order valence-electron chi connectivity index (χ4n) is 3.00. The summed E-state index contributed by atoms with van der Waals surface area (Å²) >= 11 is 12.4. The Labute approximate surface area is 173 Å². The molecule has 1 aliphatic rings. The Balaban J connectivity index is 1.88. The van der Waals surface area contributed by atoms with Crippen molar-refractivity contribution < 1.29 is 27.8 Å². The van der Waals surface area contributed by atoms with Gasteiger partial charge in [-0.2, -0.15) is 0 Å². The largest absolute Gasteiger partial charge is 0.440 e. The van der Waals surface area contributed by atoms with E-state index < -0.39 is 29.3 Å². The average molecular weight is 438 g/mol. The standard InChI is InChI=1S/C20H11Cl2F2NO4/c21-11-3-6-13(14(22)7-11)20(10-1-4-12(23)5-2-10)28-17-8-15(24)16(27-19(25)26)9-18(17)29-20/h1-9H,(H2,25,26). The van der Waals surface area contributed by atoms with Gasteiger partial charge < -0.3 is 19.9 Å². The molecule has 0 aromatic heterocycles. The zero-order valence-electron chi connectivity index (χ0n) is 14.4. The third kappa shape index (κ3) is 3.43. The fraction of sp³-hybridized carbons (Fsp3) is 0.0500. The van der Waals surface area contributed by atoms with E-state index in [9.17, 15) is 13.6 Å². The van der Waals surface area contributed by atoms with E-state index in [1.54, 1.807) is 12.1 Å². The van der Waals surface area contributed by atoms with Crippen molar-refractivity contribution in [3.63, 3.8) is 0 Å². The Morgan fingerprint density at radius 1 is 0.966 bits per heavy atom. The number of rotatable bonds is 3. The van der Waals surface area contributed by atoms with Gasteiger partial charge in [-0.05, 0) is 42.5 Å². The smallest absolute Gasteiger partial charge is 0.410 e. The van der Waals surface area contributed by atoms with Gasteiger partial charge in [0.05, 0.1) is 10.6 Å². The van der Waals surface area contributed by atoms with Crippen LogP contribution in [0.15, 0.2) is 54.6 Å². The molecule has 1 atom stereocenters. The molecule has 0 bridgehead atoms. The zero-order valence-corrected chi connectivity index (χ0v) is 15.9. The van der Waals surface area contributed by atoms with Gasteiger partial charge in [-0.15, -0.1) is 0 Å². The van der Waals surface area contributed by atoms with Gasteiger partial charge in [0.25, 0.3) is 0 Å². The van der Waals surface area contributed by atoms with E-state index in [2.05, 4.69) is 4.74 Å². The van der Waals surface area contributed by atoms with Crippen molar-refractivity contribution in [3.8, 4) is 17.2 Å². The Kier molecular flexibility index (Phi) is 4.72. The van der Waals surface area contributed by atoms with Crippen LogP contribution < -0.4 is 19.9 Å². The number of fused-ring (bicyclic) bond motifs is 1. The van der Waals surface area contributed by atoms with E-state index in [0.29, 0.717) is 16.1 Å². The van der Waals surface area contributed by atoms with Crippen LogP contribution >= 0.6 is 23.2 Å². The van der Waals surface area contributed by atoms with Crippen molar-refractivity contribution >= 4 is 29.3 Å². The molecule has 1 unspecified atom stereocenters. The molecule has 5 nitrogen and oxygen atoms in total. The highest BCUT2D eigenvalue weighted by atomic mass is 35.5. The van der Waals surface area contributed by atoms with Crippen LogP contribution in [0.3, 0.4) is 0 Å². The van der Waals surface area contributed by atoms with Crippen LogP contribution in [0, 0.1) is 11.6 Å². The molecule has 2 N–H and O–H groups in total. The number of carbonyl (C=O) groups excluding carboxylic acids is 1. The van der Waals surface area contributed by atoms with Crippen LogP contribution in [0.25, 0.3) is 0 Å². The summed E-state index contributed by atoms with van der Waals surface area (Å²) in [5.74, 6) is -3.35. The molecule has 1 heterocycles. The molecule has 0 saturated carbocycles. The lowest BCUT2D eigenvalue weighted by Crippen LogP contribution is -2.37. The molecular formula is C20H11Cl2F2NO4. The highest BCUT2D eigenvalue weighted by molar-refractivity contribution is 6.35. The summed E-state index contributed by atoms with van der Waals surface area (Å²) in [6.45, 7) is 0. The zero-order chi connectivity index (χ0) is 20.8. The Hall–Kier alpha value is -3.03. The van der Waals surface area contributed by atoms with E-state index in [-0.39, 0.29) is 16.5 Å². The van der Waals surface area contributed by atoms with Crippen LogP contribution in [0.4, 0.5) is 13.6 Å². The third-order valence-corrected chi connectivity index (χ3v) is 4.77. The van der Waals surface area contributed by atoms with Crippen molar-refractivity contribution in [2.24, 2.45) is 5.73 Å². The minimum absolute atomic E-state index is 0.0228. The van der Waals surface area contributed by atoms with E-state index in [4.69, 9.17) is 38.4 Å². The predicted molar refractivity (Wildman–Crippen MR) is 102 cm³/mol. The molecule has 0 aliphatic carbocycles. The summed E-state index contributed by atoms with van der Waals surface area (Å²) in [4.78, 5) is 11.0. The van der Waals surface area contributed by atoms with Crippen LogP contribution in [0.5, 0.6) is 17.2 Å². The molecule has 1 amide bonds. The number of hydrogen-bond acceptors (Lipinski definition) is 4. The molecule has 148 valence electrons. The first-order valence-corrected chi connectivity index (χ1v) is 8.94. The van der Waals surface area contributed by atoms with Gasteiger partial charge in [-0.25, -0.2) is 13.6 Å². The van der Waals surface area contributed by atoms with E-state index >= 15 is 0 Å². The molecule has 29 heavy (non-hydrogen) atoms. The Bertz CT molecular complexity index is 1120. The van der Waals surface area contributed by atoms with Crippen molar-refractivity contribution in [2.45, 2.75) is 5.79 Å². The van der Waals surface area contributed by atoms with Crippen molar-refractivity contribution in [1.29, 1.82) is 0 Å². The second-order valence-electron chi connectivity index (χ2n) is 6.10. The minimum atomic E-state index is -1.66. The topological polar surface area (TPSA) is 70.8 Å². The van der Waals surface area contributed by atoms with Crippen molar-refractivity contribution in [1.82, 2.24) is 0 Å². The number of amides is 1. The minimum Gasteiger partial charge on any atom is -0.440 e. The van der Waals surface area contributed by atoms with Crippen molar-refractivity contribution in [3.05, 3.63) is 87.4 Å². The lowest BCUT2D eigenvalue weighted by atomic mass is 9.97. The highest BCUT2D eigenvalue weighted by Gasteiger charge is 2.47. The molecular weight excluding hydrogens is 427 g/mol. The van der Waals surface area contributed by atoms with E-state index in [1.807, 2.05) is 0 Å². The molecule has 0 spiro atoms. The number of primary amides is 1. The third-order valence-electron chi connectivity index (χ3n) is 4.23. The van der Waals surface area contributed by atoms with Crippen LogP contribution in [0.2, 0.25) is 10.0 Å². The normalized spacial score (nSPS) is 17.2. The van der Waals surface area contributed by atoms with Gasteiger partial charge in [-0.3, -0.25) is 0 Å². The van der Waals surface area contributed by atoms with Gasteiger partial charge in [0.2, 0.25) is 0 Å². The summed E-state index contributed by atoms with van der Waals surface area (Å²) in [5, 5.41) is 0.593. The fourth-order valence-corrected chi connectivity index (χ4v) is 3.54. The van der Waals surface area contributed by atoms with Crippen LogP contribution in [-0.2, 0) is 5.79 Å². The summed E-state index contributed by atoms with van der Waals surface area (Å²) in [6.07, 6.45) is -1.19. The Morgan fingerprint density at radius 2 is 1.62 bits per heavy atom. The first kappa shape index (κ1) is 19.3. The summed E-state index contributed by atoms with van der Waals surface area (Å²) < 4.78 is 44.4. The maximum atomic E-state index is 14.3. The number of hydrogen-bond donors (Lipinski definition) is 1. The molecule has 3 aromatic rings. The van der Waals surface area contributed by atoms with Crippen LogP contribution in [-0.4, -0.2) is 6.09 Å². The lowest BCUT2D eigenvalue weighted by molar-refractivity contribution is -0.0459. The maximum absolute atomic E-state index is 14.3. The molecule has 1 aliphatic heterocycles. The summed E-state index contributed by atoms with van der Waals surface area (Å²) in [5.41, 5.74) is 5.69. The molecule has 3 aromatic carbocycles. The molecule has 0 fully saturated rings. The van der Waals surface area contributed by atoms with Gasteiger partial charge in [0, 0.05) is 22.7 Å². The number of halogens is 4. The Morgan fingerprint density at radius 3 is 2.24 bits per heavy atom. The summed E-state index contributed by atoms with van der Waals surface area (Å²) in [6, 6.07) is 12.1. The second-order valence-corrected chi connectivity index (χ2v) is 6.95. The molecule has 0 saturated heterocycles. The molecule has 4 rings (SSSR count). The monoisotopic (exact) mass is 437 g/mol. The number of benzene rings is 3. The lowest BCUT2D eigenvalue weighted by Gasteiger charge is -2.29. The first-order valence-electron chi connectivity index (χ1n) is 8.19. The van der Waals surface area contributed by atoms with Gasteiger partial charge in [0.15, 0.2) is 23.1 Å². The highest BCUT2D eigenvalue weighted by Crippen LogP contribution is 2.51. The first-order chi connectivity index (χ1) is 13.8. The second kappa shape index (κ2) is 7.09. The number of ether oxygens (including phenoxy) is 3. The van der Waals surface area contributed by atoms with Gasteiger partial charge in [0.1, 0.15) is 5.82 Å². The van der Waals surface area contributed by atoms with E-state index in [0.717, 1.165) is 12.1 Å². The van der Waals surface area contributed by atoms with Gasteiger partial charge >= 0.3 is 11.9 Å². The SMILES string of the molecule is NC(=O)Oc1cc2c(cc1F)OC(c1ccc(F)cc1)(c1ccc(Cl)cc1Cl)O2. The van der Waals surface area contributed by atoms with Crippen molar-refractivity contribution in [2.75, 3.05) is 0 Å².